The molecule has 178 valence electrons. The molecular weight excluding hydrogens is 430 g/mol. The van der Waals surface area contributed by atoms with Crippen molar-refractivity contribution < 1.29 is 9.53 Å². The van der Waals surface area contributed by atoms with Gasteiger partial charge in [0.05, 0.1) is 18.8 Å². The number of morpholine rings is 1. The summed E-state index contributed by atoms with van der Waals surface area (Å²) >= 11 is 0. The molecule has 2 aliphatic rings. The molecule has 2 aromatic heterocycles. The standard InChI is InChI=1S/C26H31N5O3/c1-17-5-6-31(15-17)25-22(12-19(14-27-25)16-30-7-9-34-10-8-30)26(33)28-20-3-4-23-21(13-20)18(2)11-24(32)29-23/h3-4,11-14,17H,5-10,15-16H2,1-2H3,(H,28,33)(H,29,32). The van der Waals surface area contributed by atoms with Gasteiger partial charge in [-0.15, -0.1) is 0 Å². The number of pyridine rings is 2. The van der Waals surface area contributed by atoms with E-state index in [2.05, 4.69) is 27.0 Å². The molecule has 34 heavy (non-hydrogen) atoms. The molecule has 2 saturated heterocycles. The zero-order chi connectivity index (χ0) is 23.7. The van der Waals surface area contributed by atoms with Crippen LogP contribution in [-0.2, 0) is 11.3 Å². The zero-order valence-electron chi connectivity index (χ0n) is 19.8. The smallest absolute Gasteiger partial charge is 0.259 e. The number of fused-ring (bicyclic) bond motifs is 1. The third-order valence-electron chi connectivity index (χ3n) is 6.71. The van der Waals surface area contributed by atoms with Crippen molar-refractivity contribution in [2.75, 3.05) is 49.6 Å². The summed E-state index contributed by atoms with van der Waals surface area (Å²) in [5.41, 5.74) is 3.80. The summed E-state index contributed by atoms with van der Waals surface area (Å²) in [5.74, 6) is 1.15. The number of nitrogens with zero attached hydrogens (tertiary/aromatic N) is 3. The fourth-order valence-corrected chi connectivity index (χ4v) is 4.85. The first-order valence-electron chi connectivity index (χ1n) is 12.0. The Bertz CT molecular complexity index is 1270. The molecule has 1 unspecified atom stereocenters. The number of hydrogen-bond acceptors (Lipinski definition) is 6. The van der Waals surface area contributed by atoms with E-state index in [0.29, 0.717) is 17.2 Å². The van der Waals surface area contributed by atoms with Gasteiger partial charge in [-0.3, -0.25) is 14.5 Å². The van der Waals surface area contributed by atoms with E-state index in [1.165, 1.54) is 0 Å². The van der Waals surface area contributed by atoms with Crippen LogP contribution < -0.4 is 15.8 Å². The molecule has 3 aromatic rings. The lowest BCUT2D eigenvalue weighted by molar-refractivity contribution is 0.0341. The Hall–Kier alpha value is -3.23. The number of carbonyl (C=O) groups excluding carboxylic acids is 1. The van der Waals surface area contributed by atoms with E-state index in [9.17, 15) is 9.59 Å². The summed E-state index contributed by atoms with van der Waals surface area (Å²) in [5, 5.41) is 3.97. The number of aryl methyl sites for hydroxylation is 1. The van der Waals surface area contributed by atoms with Crippen molar-refractivity contribution in [2.45, 2.75) is 26.8 Å². The van der Waals surface area contributed by atoms with Crippen LogP contribution >= 0.6 is 0 Å². The minimum atomic E-state index is -0.174. The highest BCUT2D eigenvalue weighted by Crippen LogP contribution is 2.27. The first kappa shape index (κ1) is 22.6. The summed E-state index contributed by atoms with van der Waals surface area (Å²) in [6.07, 6.45) is 3.00. The lowest BCUT2D eigenvalue weighted by atomic mass is 10.1. The molecule has 0 spiro atoms. The topological polar surface area (TPSA) is 90.6 Å². The van der Waals surface area contributed by atoms with E-state index in [1.54, 1.807) is 6.07 Å². The van der Waals surface area contributed by atoms with E-state index < -0.39 is 0 Å². The van der Waals surface area contributed by atoms with Gasteiger partial charge in [-0.2, -0.15) is 0 Å². The van der Waals surface area contributed by atoms with Gasteiger partial charge >= 0.3 is 0 Å². The van der Waals surface area contributed by atoms with Crippen LogP contribution in [0.3, 0.4) is 0 Å². The summed E-state index contributed by atoms with van der Waals surface area (Å²) < 4.78 is 5.46. The Morgan fingerprint density at radius 1 is 1.21 bits per heavy atom. The highest BCUT2D eigenvalue weighted by Gasteiger charge is 2.25. The minimum absolute atomic E-state index is 0.130. The number of hydrogen-bond donors (Lipinski definition) is 2. The van der Waals surface area contributed by atoms with Gasteiger partial charge < -0.3 is 19.9 Å². The molecule has 0 saturated carbocycles. The Balaban J connectivity index is 1.44. The molecule has 2 N–H and O–H groups in total. The molecule has 1 aromatic carbocycles. The molecule has 5 rings (SSSR count). The predicted molar refractivity (Wildman–Crippen MR) is 134 cm³/mol. The Morgan fingerprint density at radius 3 is 2.79 bits per heavy atom. The highest BCUT2D eigenvalue weighted by atomic mass is 16.5. The van der Waals surface area contributed by atoms with E-state index in [1.807, 2.05) is 37.4 Å². The molecule has 1 amide bonds. The van der Waals surface area contributed by atoms with E-state index in [-0.39, 0.29) is 11.5 Å². The quantitative estimate of drug-likeness (QED) is 0.607. The first-order chi connectivity index (χ1) is 16.5. The van der Waals surface area contributed by atoms with Gasteiger partial charge in [0.1, 0.15) is 5.82 Å². The van der Waals surface area contributed by atoms with Crippen LogP contribution in [0.5, 0.6) is 0 Å². The van der Waals surface area contributed by atoms with Gasteiger partial charge in [-0.25, -0.2) is 4.98 Å². The fourth-order valence-electron chi connectivity index (χ4n) is 4.85. The van der Waals surface area contributed by atoms with Gasteiger partial charge in [-0.1, -0.05) is 6.92 Å². The number of benzene rings is 1. The first-order valence-corrected chi connectivity index (χ1v) is 12.0. The summed E-state index contributed by atoms with van der Waals surface area (Å²) in [6, 6.07) is 9.11. The molecular formula is C26H31N5O3. The summed E-state index contributed by atoms with van der Waals surface area (Å²) in [4.78, 5) is 37.4. The number of carbonyl (C=O) groups is 1. The van der Waals surface area contributed by atoms with Gasteiger partial charge in [0.25, 0.3) is 5.91 Å². The monoisotopic (exact) mass is 461 g/mol. The molecule has 0 radical (unpaired) electrons. The minimum Gasteiger partial charge on any atom is -0.379 e. The molecule has 8 heteroatoms. The molecule has 0 bridgehead atoms. The van der Waals surface area contributed by atoms with Gasteiger partial charge in [-0.05, 0) is 54.7 Å². The lowest BCUT2D eigenvalue weighted by Gasteiger charge is -2.27. The van der Waals surface area contributed by atoms with Crippen molar-refractivity contribution >= 4 is 28.3 Å². The molecule has 2 fully saturated rings. The average molecular weight is 462 g/mol. The second-order valence-corrected chi connectivity index (χ2v) is 9.47. The van der Waals surface area contributed by atoms with Gasteiger partial charge in [0, 0.05) is 61.6 Å². The highest BCUT2D eigenvalue weighted by molar-refractivity contribution is 6.08. The Labute approximate surface area is 198 Å². The van der Waals surface area contributed by atoms with E-state index >= 15 is 0 Å². The number of nitrogens with one attached hydrogen (secondary N) is 2. The van der Waals surface area contributed by atoms with Crippen LogP contribution in [0, 0.1) is 12.8 Å². The van der Waals surface area contributed by atoms with Gasteiger partial charge in [0.15, 0.2) is 0 Å². The second kappa shape index (κ2) is 9.56. The number of H-pyrrole nitrogens is 1. The molecule has 2 aliphatic heterocycles. The average Bonchev–Trinajstić information content (AvgIpc) is 3.26. The number of anilines is 2. The summed E-state index contributed by atoms with van der Waals surface area (Å²) in [7, 11) is 0. The number of rotatable bonds is 5. The van der Waals surface area contributed by atoms with Crippen molar-refractivity contribution in [3.63, 3.8) is 0 Å². The van der Waals surface area contributed by atoms with Crippen LogP contribution in [0.1, 0.15) is 34.8 Å². The van der Waals surface area contributed by atoms with Crippen molar-refractivity contribution in [2.24, 2.45) is 5.92 Å². The Morgan fingerprint density at radius 2 is 2.03 bits per heavy atom. The number of amides is 1. The van der Waals surface area contributed by atoms with Crippen LogP contribution in [0.15, 0.2) is 41.3 Å². The zero-order valence-corrected chi connectivity index (χ0v) is 19.8. The third kappa shape index (κ3) is 4.83. The molecule has 1 atom stereocenters. The van der Waals surface area contributed by atoms with Crippen molar-refractivity contribution in [1.29, 1.82) is 0 Å². The van der Waals surface area contributed by atoms with Crippen molar-refractivity contribution in [1.82, 2.24) is 14.9 Å². The molecule has 4 heterocycles. The van der Waals surface area contributed by atoms with Crippen LogP contribution in [0.4, 0.5) is 11.5 Å². The van der Waals surface area contributed by atoms with E-state index in [4.69, 9.17) is 9.72 Å². The maximum atomic E-state index is 13.5. The Kier molecular flexibility index (Phi) is 6.34. The predicted octanol–water partition coefficient (Wildman–Crippen LogP) is 3.16. The number of aromatic amines is 1. The normalized spacial score (nSPS) is 19.0. The van der Waals surface area contributed by atoms with E-state index in [0.717, 1.165) is 80.2 Å². The van der Waals surface area contributed by atoms with Crippen molar-refractivity contribution in [3.05, 3.63) is 63.6 Å². The van der Waals surface area contributed by atoms with Crippen LogP contribution in [0.25, 0.3) is 10.9 Å². The number of aromatic nitrogens is 2. The third-order valence-corrected chi connectivity index (χ3v) is 6.71. The number of ether oxygens (including phenoxy) is 1. The largest absolute Gasteiger partial charge is 0.379 e. The second-order valence-electron chi connectivity index (χ2n) is 9.47. The maximum absolute atomic E-state index is 13.5. The molecule has 8 nitrogen and oxygen atoms in total. The van der Waals surface area contributed by atoms with Gasteiger partial charge in [0.2, 0.25) is 5.56 Å². The lowest BCUT2D eigenvalue weighted by Crippen LogP contribution is -2.35. The van der Waals surface area contributed by atoms with Crippen LogP contribution in [-0.4, -0.2) is 60.2 Å². The SMILES string of the molecule is Cc1cc(=O)[nH]c2ccc(NC(=O)c3cc(CN4CCOCC4)cnc3N3CCC(C)C3)cc12. The van der Waals surface area contributed by atoms with Crippen molar-refractivity contribution in [3.8, 4) is 0 Å². The summed E-state index contributed by atoms with van der Waals surface area (Å²) in [6.45, 7) is 9.91. The maximum Gasteiger partial charge on any atom is 0.259 e. The molecule has 0 aliphatic carbocycles. The van der Waals surface area contributed by atoms with Crippen LogP contribution in [0.2, 0.25) is 0 Å². The fraction of sp³-hybridized carbons (Fsp3) is 0.423.